The van der Waals surface area contributed by atoms with Gasteiger partial charge in [0.15, 0.2) is 0 Å². The molecule has 1 aromatic rings. The number of benzene rings is 1. The normalized spacial score (nSPS) is 24.4. The zero-order valence-electron chi connectivity index (χ0n) is 17.3. The number of alkyl halides is 3. The summed E-state index contributed by atoms with van der Waals surface area (Å²) in [5.41, 5.74) is -1.14. The monoisotopic (exact) mass is 447 g/mol. The Kier molecular flexibility index (Phi) is 6.50. The molecule has 0 aromatic heterocycles. The topological polar surface area (TPSA) is 60.9 Å². The summed E-state index contributed by atoms with van der Waals surface area (Å²) in [6, 6.07) is 3.89. The molecule has 2 fully saturated rings. The molecule has 1 amide bonds. The Morgan fingerprint density at radius 1 is 1.10 bits per heavy atom. The van der Waals surface area contributed by atoms with E-state index in [1.165, 1.54) is 10.4 Å². The summed E-state index contributed by atoms with van der Waals surface area (Å²) in [7, 11) is -4.00. The number of piperazine rings is 1. The highest BCUT2D eigenvalue weighted by Crippen LogP contribution is 2.34. The van der Waals surface area contributed by atoms with Gasteiger partial charge in [0.2, 0.25) is 15.9 Å². The van der Waals surface area contributed by atoms with Gasteiger partial charge in [0, 0.05) is 51.2 Å². The van der Waals surface area contributed by atoms with Crippen molar-refractivity contribution in [3.63, 3.8) is 0 Å². The Labute approximate surface area is 175 Å². The molecular weight excluding hydrogens is 419 g/mol. The number of carbonyl (C=O) groups excluding carboxylic acids is 1. The Hall–Kier alpha value is -1.65. The molecule has 0 unspecified atom stereocenters. The maximum Gasteiger partial charge on any atom is 0.416 e. The quantitative estimate of drug-likeness (QED) is 0.697. The number of halogens is 3. The minimum Gasteiger partial charge on any atom is -0.341 e. The number of amides is 1. The molecule has 6 nitrogen and oxygen atoms in total. The van der Waals surface area contributed by atoms with Crippen LogP contribution < -0.4 is 0 Å². The van der Waals surface area contributed by atoms with Crippen LogP contribution in [0.3, 0.4) is 0 Å². The fraction of sp³-hybridized carbons (Fsp3) is 0.650. The lowest BCUT2D eigenvalue weighted by Gasteiger charge is -2.45. The fourth-order valence-electron chi connectivity index (χ4n) is 4.45. The van der Waals surface area contributed by atoms with Crippen molar-refractivity contribution >= 4 is 15.9 Å². The van der Waals surface area contributed by atoms with E-state index in [0.29, 0.717) is 38.7 Å². The molecule has 0 bridgehead atoms. The van der Waals surface area contributed by atoms with Gasteiger partial charge in [-0.1, -0.05) is 19.9 Å². The Morgan fingerprint density at radius 3 is 2.33 bits per heavy atom. The van der Waals surface area contributed by atoms with Crippen LogP contribution in [0.1, 0.15) is 38.7 Å². The van der Waals surface area contributed by atoms with Gasteiger partial charge < -0.3 is 4.90 Å². The van der Waals surface area contributed by atoms with Crippen LogP contribution in [0.25, 0.3) is 0 Å². The van der Waals surface area contributed by atoms with Crippen molar-refractivity contribution in [3.05, 3.63) is 29.8 Å². The lowest BCUT2D eigenvalue weighted by Crippen LogP contribution is -2.58. The lowest BCUT2D eigenvalue weighted by atomic mass is 9.92. The number of carbonyl (C=O) groups is 1. The second kappa shape index (κ2) is 8.47. The molecule has 168 valence electrons. The van der Waals surface area contributed by atoms with E-state index in [9.17, 15) is 26.4 Å². The Morgan fingerprint density at radius 2 is 1.77 bits per heavy atom. The van der Waals surface area contributed by atoms with Crippen LogP contribution >= 0.6 is 0 Å². The standard InChI is InChI=1S/C20H28F3N3O3S/c1-3-18(27)24-9-8-19(4-2,15-24)25-10-12-26(13-11-25)30(28,29)17-7-5-6-16(14-17)20(21,22)23/h5-7,14H,3-4,8-13,15H2,1-2H3/t19-/m1/s1. The van der Waals surface area contributed by atoms with Gasteiger partial charge in [0.1, 0.15) is 0 Å². The van der Waals surface area contributed by atoms with E-state index >= 15 is 0 Å². The Bertz CT molecular complexity index is 883. The van der Waals surface area contributed by atoms with E-state index in [2.05, 4.69) is 11.8 Å². The molecule has 10 heteroatoms. The Balaban J connectivity index is 1.71. The number of hydrogen-bond acceptors (Lipinski definition) is 4. The van der Waals surface area contributed by atoms with Crippen LogP contribution in [0.15, 0.2) is 29.2 Å². The smallest absolute Gasteiger partial charge is 0.341 e. The van der Waals surface area contributed by atoms with E-state index in [4.69, 9.17) is 0 Å². The van der Waals surface area contributed by atoms with Crippen LogP contribution in [0.2, 0.25) is 0 Å². The average Bonchev–Trinajstić information content (AvgIpc) is 3.19. The van der Waals surface area contributed by atoms with Crippen LogP contribution in [-0.2, 0) is 21.0 Å². The predicted octanol–water partition coefficient (Wildman–Crippen LogP) is 2.80. The van der Waals surface area contributed by atoms with Crippen molar-refractivity contribution in [1.29, 1.82) is 0 Å². The molecular formula is C20H28F3N3O3S. The molecule has 0 N–H and O–H groups in total. The first-order valence-electron chi connectivity index (χ1n) is 10.2. The molecule has 30 heavy (non-hydrogen) atoms. The summed E-state index contributed by atoms with van der Waals surface area (Å²) < 4.78 is 66.0. The van der Waals surface area contributed by atoms with E-state index in [1.807, 2.05) is 11.8 Å². The third-order valence-electron chi connectivity index (χ3n) is 6.35. The lowest BCUT2D eigenvalue weighted by molar-refractivity contribution is -0.137. The zero-order chi connectivity index (χ0) is 22.2. The van der Waals surface area contributed by atoms with Crippen molar-refractivity contribution in [3.8, 4) is 0 Å². The maximum absolute atomic E-state index is 13.0. The predicted molar refractivity (Wildman–Crippen MR) is 106 cm³/mol. The average molecular weight is 448 g/mol. The first-order chi connectivity index (χ1) is 14.0. The summed E-state index contributed by atoms with van der Waals surface area (Å²) in [4.78, 5) is 15.9. The van der Waals surface area contributed by atoms with Crippen LogP contribution in [-0.4, -0.2) is 73.2 Å². The zero-order valence-corrected chi connectivity index (χ0v) is 18.1. The number of likely N-dealkylation sites (tertiary alicyclic amines) is 1. The van der Waals surface area contributed by atoms with Gasteiger partial charge in [0.05, 0.1) is 10.5 Å². The van der Waals surface area contributed by atoms with E-state index in [1.54, 1.807) is 0 Å². The first-order valence-corrected chi connectivity index (χ1v) is 11.7. The second-order valence-corrected chi connectivity index (χ2v) is 9.85. The van der Waals surface area contributed by atoms with Crippen molar-refractivity contribution in [1.82, 2.24) is 14.1 Å². The molecule has 0 radical (unpaired) electrons. The van der Waals surface area contributed by atoms with Crippen molar-refractivity contribution in [2.24, 2.45) is 0 Å². The highest BCUT2D eigenvalue weighted by molar-refractivity contribution is 7.89. The molecule has 1 aromatic carbocycles. The third kappa shape index (κ3) is 4.36. The fourth-order valence-corrected chi connectivity index (χ4v) is 5.92. The summed E-state index contributed by atoms with van der Waals surface area (Å²) in [6.45, 7) is 6.64. The summed E-state index contributed by atoms with van der Waals surface area (Å²) >= 11 is 0. The van der Waals surface area contributed by atoms with E-state index in [-0.39, 0.29) is 29.4 Å². The van der Waals surface area contributed by atoms with Gasteiger partial charge in [-0.15, -0.1) is 0 Å². The second-order valence-electron chi connectivity index (χ2n) is 7.91. The van der Waals surface area contributed by atoms with E-state index < -0.39 is 21.8 Å². The van der Waals surface area contributed by atoms with Crippen LogP contribution in [0.4, 0.5) is 13.2 Å². The molecule has 0 saturated carbocycles. The van der Waals surface area contributed by atoms with Crippen molar-refractivity contribution in [2.75, 3.05) is 39.3 Å². The largest absolute Gasteiger partial charge is 0.416 e. The van der Waals surface area contributed by atoms with Crippen LogP contribution in [0, 0.1) is 0 Å². The van der Waals surface area contributed by atoms with Gasteiger partial charge in [-0.25, -0.2) is 8.42 Å². The molecule has 0 spiro atoms. The van der Waals surface area contributed by atoms with Crippen molar-refractivity contribution in [2.45, 2.75) is 49.7 Å². The van der Waals surface area contributed by atoms with Gasteiger partial charge in [-0.3, -0.25) is 9.69 Å². The molecule has 2 aliphatic rings. The van der Waals surface area contributed by atoms with E-state index in [0.717, 1.165) is 25.0 Å². The van der Waals surface area contributed by atoms with Crippen molar-refractivity contribution < 1.29 is 26.4 Å². The highest BCUT2D eigenvalue weighted by Gasteiger charge is 2.44. The minimum absolute atomic E-state index is 0.121. The highest BCUT2D eigenvalue weighted by atomic mass is 32.2. The summed E-state index contributed by atoms with van der Waals surface area (Å²) in [6.07, 6.45) is -2.44. The number of sulfonamides is 1. The number of rotatable bonds is 5. The first kappa shape index (κ1) is 23.0. The molecule has 2 heterocycles. The molecule has 3 rings (SSSR count). The van der Waals surface area contributed by atoms with Gasteiger partial charge >= 0.3 is 6.18 Å². The maximum atomic E-state index is 13.0. The number of hydrogen-bond donors (Lipinski definition) is 0. The SMILES string of the molecule is CCC(=O)N1CC[C@@](CC)(N2CCN(S(=O)(=O)c3cccc(C(F)(F)F)c3)CC2)C1. The van der Waals surface area contributed by atoms with Crippen LogP contribution in [0.5, 0.6) is 0 Å². The number of nitrogens with zero attached hydrogens (tertiary/aromatic N) is 3. The van der Waals surface area contributed by atoms with Gasteiger partial charge in [-0.2, -0.15) is 17.5 Å². The minimum atomic E-state index is -4.60. The molecule has 1 atom stereocenters. The van der Waals surface area contributed by atoms with Gasteiger partial charge in [-0.05, 0) is 31.0 Å². The summed E-state index contributed by atoms with van der Waals surface area (Å²) in [5, 5.41) is 0. The summed E-state index contributed by atoms with van der Waals surface area (Å²) in [5.74, 6) is 0.121. The van der Waals surface area contributed by atoms with Gasteiger partial charge in [0.25, 0.3) is 0 Å². The molecule has 2 saturated heterocycles. The molecule has 2 aliphatic heterocycles. The third-order valence-corrected chi connectivity index (χ3v) is 8.25. The molecule has 0 aliphatic carbocycles.